The molecule has 7 heteroatoms. The molecule has 2 N–H and O–H groups in total. The molecule has 0 bridgehead atoms. The topological polar surface area (TPSA) is 95.9 Å². The zero-order chi connectivity index (χ0) is 20.1. The summed E-state index contributed by atoms with van der Waals surface area (Å²) in [4.78, 5) is 37.4. The third-order valence-corrected chi connectivity index (χ3v) is 4.72. The smallest absolute Gasteiger partial charge is 0.305 e. The van der Waals surface area contributed by atoms with Crippen molar-refractivity contribution in [3.63, 3.8) is 0 Å². The Kier molecular flexibility index (Phi) is 5.93. The zero-order valence-corrected chi connectivity index (χ0v) is 15.6. The summed E-state index contributed by atoms with van der Waals surface area (Å²) in [7, 11) is 1.55. The third kappa shape index (κ3) is 4.49. The molecule has 1 aliphatic heterocycles. The summed E-state index contributed by atoms with van der Waals surface area (Å²) in [6, 6.07) is 13.0. The van der Waals surface area contributed by atoms with Crippen molar-refractivity contribution >= 4 is 23.5 Å². The average molecular weight is 382 g/mol. The van der Waals surface area contributed by atoms with E-state index in [4.69, 9.17) is 4.74 Å². The molecular formula is C21H22N2O5. The van der Waals surface area contributed by atoms with Crippen LogP contribution in [0.4, 0.5) is 5.69 Å². The quantitative estimate of drug-likeness (QED) is 0.768. The highest BCUT2D eigenvalue weighted by atomic mass is 16.5. The van der Waals surface area contributed by atoms with E-state index >= 15 is 0 Å². The summed E-state index contributed by atoms with van der Waals surface area (Å²) in [5, 5.41) is 12.0. The molecule has 7 nitrogen and oxygen atoms in total. The van der Waals surface area contributed by atoms with Crippen LogP contribution >= 0.6 is 0 Å². The Bertz CT molecular complexity index is 861. The van der Waals surface area contributed by atoms with Gasteiger partial charge >= 0.3 is 5.97 Å². The molecule has 1 heterocycles. The number of nitrogens with one attached hydrogen (secondary N) is 1. The first-order valence-electron chi connectivity index (χ1n) is 9.05. The Labute approximate surface area is 162 Å². The Balaban J connectivity index is 1.73. The number of rotatable bonds is 7. The van der Waals surface area contributed by atoms with E-state index in [0.29, 0.717) is 29.8 Å². The number of carbonyl (C=O) groups is 3. The number of ether oxygens (including phenoxy) is 1. The van der Waals surface area contributed by atoms with Gasteiger partial charge < -0.3 is 20.1 Å². The maximum absolute atomic E-state index is 12.6. The minimum atomic E-state index is -1.01. The predicted molar refractivity (Wildman–Crippen MR) is 103 cm³/mol. The SMILES string of the molecule is COc1ccc(C(CC(=O)O)NC(=O)c2ccc(N3CCCC3=O)cc2)cc1. The maximum Gasteiger partial charge on any atom is 0.305 e. The number of hydrogen-bond acceptors (Lipinski definition) is 4. The van der Waals surface area contributed by atoms with E-state index in [9.17, 15) is 19.5 Å². The van der Waals surface area contributed by atoms with Gasteiger partial charge in [0.05, 0.1) is 19.6 Å². The second kappa shape index (κ2) is 8.56. The fourth-order valence-electron chi connectivity index (χ4n) is 3.22. The first-order chi connectivity index (χ1) is 13.5. The number of carboxylic acids is 1. The van der Waals surface area contributed by atoms with Crippen molar-refractivity contribution in [3.8, 4) is 5.75 Å². The van der Waals surface area contributed by atoms with Crippen LogP contribution in [0.2, 0.25) is 0 Å². The molecule has 1 unspecified atom stereocenters. The summed E-state index contributed by atoms with van der Waals surface area (Å²) in [5.41, 5.74) is 1.84. The van der Waals surface area contributed by atoms with Gasteiger partial charge in [-0.2, -0.15) is 0 Å². The molecule has 28 heavy (non-hydrogen) atoms. The number of anilines is 1. The highest BCUT2D eigenvalue weighted by molar-refractivity contribution is 5.97. The van der Waals surface area contributed by atoms with E-state index < -0.39 is 12.0 Å². The van der Waals surface area contributed by atoms with Crippen LogP contribution in [-0.2, 0) is 9.59 Å². The van der Waals surface area contributed by atoms with E-state index in [2.05, 4.69) is 5.32 Å². The van der Waals surface area contributed by atoms with Crippen molar-refractivity contribution in [2.75, 3.05) is 18.6 Å². The van der Waals surface area contributed by atoms with Crippen molar-refractivity contribution in [1.82, 2.24) is 5.32 Å². The summed E-state index contributed by atoms with van der Waals surface area (Å²) in [6.07, 6.45) is 1.14. The predicted octanol–water partition coefficient (Wildman–Crippen LogP) is 2.77. The molecule has 0 aliphatic carbocycles. The molecule has 146 valence electrons. The van der Waals surface area contributed by atoms with Crippen molar-refractivity contribution in [1.29, 1.82) is 0 Å². The second-order valence-corrected chi connectivity index (χ2v) is 6.59. The Hall–Kier alpha value is -3.35. The average Bonchev–Trinajstić information content (AvgIpc) is 3.13. The molecule has 2 amide bonds. The van der Waals surface area contributed by atoms with Gasteiger partial charge in [-0.1, -0.05) is 12.1 Å². The van der Waals surface area contributed by atoms with Crippen molar-refractivity contribution < 1.29 is 24.2 Å². The number of carboxylic acid groups (broad SMARTS) is 1. The van der Waals surface area contributed by atoms with Gasteiger partial charge in [0.15, 0.2) is 0 Å². The van der Waals surface area contributed by atoms with Crippen LogP contribution in [0.5, 0.6) is 5.75 Å². The van der Waals surface area contributed by atoms with Gasteiger partial charge in [0.25, 0.3) is 5.91 Å². The van der Waals surface area contributed by atoms with Gasteiger partial charge in [-0.3, -0.25) is 14.4 Å². The largest absolute Gasteiger partial charge is 0.497 e. The number of aliphatic carboxylic acids is 1. The zero-order valence-electron chi connectivity index (χ0n) is 15.6. The molecular weight excluding hydrogens is 360 g/mol. The number of amides is 2. The van der Waals surface area contributed by atoms with Gasteiger partial charge in [0, 0.05) is 24.2 Å². The number of benzene rings is 2. The van der Waals surface area contributed by atoms with Gasteiger partial charge in [-0.25, -0.2) is 0 Å². The van der Waals surface area contributed by atoms with Crippen LogP contribution in [0.1, 0.15) is 41.2 Å². The van der Waals surface area contributed by atoms with Crippen LogP contribution in [-0.4, -0.2) is 36.5 Å². The Morgan fingerprint density at radius 2 is 1.82 bits per heavy atom. The Morgan fingerprint density at radius 1 is 1.14 bits per heavy atom. The van der Waals surface area contributed by atoms with E-state index in [1.807, 2.05) is 0 Å². The number of nitrogens with zero attached hydrogens (tertiary/aromatic N) is 1. The lowest BCUT2D eigenvalue weighted by atomic mass is 10.0. The van der Waals surface area contributed by atoms with E-state index in [1.165, 1.54) is 0 Å². The van der Waals surface area contributed by atoms with Crippen LogP contribution in [0.15, 0.2) is 48.5 Å². The second-order valence-electron chi connectivity index (χ2n) is 6.59. The van der Waals surface area contributed by atoms with Crippen LogP contribution in [0.3, 0.4) is 0 Å². The van der Waals surface area contributed by atoms with E-state index in [-0.39, 0.29) is 18.2 Å². The number of hydrogen-bond donors (Lipinski definition) is 2. The molecule has 1 atom stereocenters. The monoisotopic (exact) mass is 382 g/mol. The van der Waals surface area contributed by atoms with Gasteiger partial charge in [-0.05, 0) is 48.4 Å². The first-order valence-corrected chi connectivity index (χ1v) is 9.05. The molecule has 2 aromatic rings. The molecule has 3 rings (SSSR count). The minimum absolute atomic E-state index is 0.0817. The van der Waals surface area contributed by atoms with Gasteiger partial charge in [0.2, 0.25) is 5.91 Å². The third-order valence-electron chi connectivity index (χ3n) is 4.72. The van der Waals surface area contributed by atoms with Crippen LogP contribution in [0, 0.1) is 0 Å². The van der Waals surface area contributed by atoms with Gasteiger partial charge in [0.1, 0.15) is 5.75 Å². The summed E-state index contributed by atoms with van der Waals surface area (Å²) >= 11 is 0. The normalized spacial score (nSPS) is 14.6. The number of methoxy groups -OCH3 is 1. The van der Waals surface area contributed by atoms with Crippen LogP contribution in [0.25, 0.3) is 0 Å². The molecule has 0 spiro atoms. The summed E-state index contributed by atoms with van der Waals surface area (Å²) in [6.45, 7) is 0.683. The molecule has 0 radical (unpaired) electrons. The van der Waals surface area contributed by atoms with Crippen molar-refractivity contribution in [2.45, 2.75) is 25.3 Å². The maximum atomic E-state index is 12.6. The van der Waals surface area contributed by atoms with Crippen molar-refractivity contribution in [2.24, 2.45) is 0 Å². The fraction of sp³-hybridized carbons (Fsp3) is 0.286. The first kappa shape index (κ1) is 19.4. The number of carbonyl (C=O) groups excluding carboxylic acids is 2. The highest BCUT2D eigenvalue weighted by Gasteiger charge is 2.22. The Morgan fingerprint density at radius 3 is 2.36 bits per heavy atom. The van der Waals surface area contributed by atoms with E-state index in [1.54, 1.807) is 60.5 Å². The summed E-state index contributed by atoms with van der Waals surface area (Å²) < 4.78 is 5.11. The molecule has 1 aliphatic rings. The van der Waals surface area contributed by atoms with E-state index in [0.717, 1.165) is 12.1 Å². The van der Waals surface area contributed by atoms with Crippen LogP contribution < -0.4 is 15.0 Å². The lowest BCUT2D eigenvalue weighted by molar-refractivity contribution is -0.137. The molecule has 2 aromatic carbocycles. The molecule has 1 saturated heterocycles. The molecule has 0 saturated carbocycles. The minimum Gasteiger partial charge on any atom is -0.497 e. The summed E-state index contributed by atoms with van der Waals surface area (Å²) in [5.74, 6) is -0.653. The standard InChI is InChI=1S/C21H22N2O5/c1-28-17-10-6-14(7-11-17)18(13-20(25)26)22-21(27)15-4-8-16(9-5-15)23-12-2-3-19(23)24/h4-11,18H,2-3,12-13H2,1H3,(H,22,27)(H,25,26). The lowest BCUT2D eigenvalue weighted by Crippen LogP contribution is -2.30. The highest BCUT2D eigenvalue weighted by Crippen LogP contribution is 2.23. The molecule has 0 aromatic heterocycles. The van der Waals surface area contributed by atoms with Gasteiger partial charge in [-0.15, -0.1) is 0 Å². The fourth-order valence-corrected chi connectivity index (χ4v) is 3.22. The molecule has 1 fully saturated rings. The van der Waals surface area contributed by atoms with Crippen molar-refractivity contribution in [3.05, 3.63) is 59.7 Å². The lowest BCUT2D eigenvalue weighted by Gasteiger charge is -2.19.